The maximum atomic E-state index is 7.94. The van der Waals surface area contributed by atoms with Gasteiger partial charge in [-0.2, -0.15) is 0 Å². The maximum absolute atomic E-state index is 7.94. The van der Waals surface area contributed by atoms with Gasteiger partial charge in [0, 0.05) is 11.1 Å². The predicted octanol–water partition coefficient (Wildman–Crippen LogP) is 1.91. The van der Waals surface area contributed by atoms with Gasteiger partial charge in [0.05, 0.1) is 6.61 Å². The van der Waals surface area contributed by atoms with E-state index in [0.717, 1.165) is 23.3 Å². The summed E-state index contributed by atoms with van der Waals surface area (Å²) in [6, 6.07) is 5.62. The fraction of sp³-hybridized carbons (Fsp3) is 0.462. The summed E-state index contributed by atoms with van der Waals surface area (Å²) < 4.78 is 16.7. The van der Waals surface area contributed by atoms with Gasteiger partial charge in [-0.05, 0) is 31.5 Å². The molecule has 1 spiro atoms. The van der Waals surface area contributed by atoms with Gasteiger partial charge in [-0.15, -0.1) is 0 Å². The van der Waals surface area contributed by atoms with E-state index in [9.17, 15) is 0 Å². The van der Waals surface area contributed by atoms with Crippen molar-refractivity contribution in [1.29, 1.82) is 5.41 Å². The van der Waals surface area contributed by atoms with Crippen molar-refractivity contribution in [2.24, 2.45) is 0 Å². The number of hydrogen-bond acceptors (Lipinski definition) is 4. The zero-order chi connectivity index (χ0) is 12.8. The molecule has 0 aromatic heterocycles. The molecule has 1 saturated heterocycles. The minimum atomic E-state index is -0.949. The molecule has 0 saturated carbocycles. The van der Waals surface area contributed by atoms with Crippen molar-refractivity contribution in [1.82, 2.24) is 5.32 Å². The molecule has 3 rings (SSSR count). The number of ether oxygens (including phenoxy) is 3. The molecule has 2 N–H and O–H groups in total. The van der Waals surface area contributed by atoms with Crippen LogP contribution in [0.5, 0.6) is 5.75 Å². The van der Waals surface area contributed by atoms with Crippen LogP contribution in [-0.2, 0) is 15.4 Å². The van der Waals surface area contributed by atoms with Crippen molar-refractivity contribution in [2.75, 3.05) is 6.61 Å². The van der Waals surface area contributed by atoms with Crippen LogP contribution in [0.2, 0.25) is 0 Å². The summed E-state index contributed by atoms with van der Waals surface area (Å²) in [5, 5.41) is 10.9. The lowest BCUT2D eigenvalue weighted by molar-refractivity contribution is -0.461. The van der Waals surface area contributed by atoms with Crippen LogP contribution in [0.25, 0.3) is 0 Å². The van der Waals surface area contributed by atoms with Crippen molar-refractivity contribution in [3.05, 3.63) is 29.3 Å². The third-order valence-electron chi connectivity index (χ3n) is 3.04. The topological polar surface area (TPSA) is 63.6 Å². The molecule has 2 aliphatic rings. The molecule has 5 nitrogen and oxygen atoms in total. The number of hydrogen-bond donors (Lipinski definition) is 2. The summed E-state index contributed by atoms with van der Waals surface area (Å²) in [7, 11) is 0. The molecule has 18 heavy (non-hydrogen) atoms. The first-order valence-corrected chi connectivity index (χ1v) is 6.14. The Morgan fingerprint density at radius 3 is 2.89 bits per heavy atom. The van der Waals surface area contributed by atoms with Crippen LogP contribution in [-0.4, -0.2) is 18.7 Å². The highest BCUT2D eigenvalue weighted by molar-refractivity contribution is 6.01. The number of fused-ring (bicyclic) bond motifs is 2. The molecule has 2 aliphatic heterocycles. The largest absolute Gasteiger partial charge is 0.494 e. The monoisotopic (exact) mass is 248 g/mol. The van der Waals surface area contributed by atoms with Crippen LogP contribution in [0.3, 0.4) is 0 Å². The van der Waals surface area contributed by atoms with Gasteiger partial charge in [0.1, 0.15) is 11.6 Å². The third-order valence-corrected chi connectivity index (χ3v) is 3.04. The van der Waals surface area contributed by atoms with Crippen LogP contribution in [0.1, 0.15) is 31.4 Å². The second kappa shape index (κ2) is 3.96. The summed E-state index contributed by atoms with van der Waals surface area (Å²) in [6.45, 7) is 4.56. The number of benzene rings is 1. The Bertz CT molecular complexity index is 495. The van der Waals surface area contributed by atoms with Gasteiger partial charge < -0.3 is 10.1 Å². The Balaban J connectivity index is 1.91. The highest BCUT2D eigenvalue weighted by Crippen LogP contribution is 2.42. The zero-order valence-corrected chi connectivity index (χ0v) is 10.4. The summed E-state index contributed by atoms with van der Waals surface area (Å²) in [5.74, 6) is 0.125. The SMILES string of the molecule is CCCOc1ccc2c(c1)C(=N)NC21OC(C)O1. The first-order valence-electron chi connectivity index (χ1n) is 6.14. The highest BCUT2D eigenvalue weighted by Gasteiger charge is 2.53. The fourth-order valence-corrected chi connectivity index (χ4v) is 2.29. The number of amidine groups is 1. The van der Waals surface area contributed by atoms with Crippen molar-refractivity contribution >= 4 is 5.84 Å². The molecule has 0 atom stereocenters. The normalized spacial score (nSPS) is 28.8. The lowest BCUT2D eigenvalue weighted by Crippen LogP contribution is -2.57. The van der Waals surface area contributed by atoms with Crippen LogP contribution in [0.15, 0.2) is 18.2 Å². The molecule has 0 aliphatic carbocycles. The Morgan fingerprint density at radius 2 is 2.22 bits per heavy atom. The summed E-state index contributed by atoms with van der Waals surface area (Å²) in [6.07, 6.45) is 0.716. The summed E-state index contributed by atoms with van der Waals surface area (Å²) in [4.78, 5) is 0. The van der Waals surface area contributed by atoms with Gasteiger partial charge in [0.15, 0.2) is 6.29 Å². The lowest BCUT2D eigenvalue weighted by Gasteiger charge is -2.43. The second-order valence-electron chi connectivity index (χ2n) is 4.48. The predicted molar refractivity (Wildman–Crippen MR) is 65.5 cm³/mol. The molecule has 0 bridgehead atoms. The van der Waals surface area contributed by atoms with Gasteiger partial charge >= 0.3 is 0 Å². The zero-order valence-electron chi connectivity index (χ0n) is 10.4. The third kappa shape index (κ3) is 1.59. The Labute approximate surface area is 106 Å². The molecule has 1 fully saturated rings. The molecule has 1 aromatic rings. The first kappa shape index (κ1) is 11.5. The average Bonchev–Trinajstić information content (AvgIpc) is 2.60. The van der Waals surface area contributed by atoms with Gasteiger partial charge in [0.2, 0.25) is 0 Å². The molecule has 5 heteroatoms. The van der Waals surface area contributed by atoms with Gasteiger partial charge in [-0.25, -0.2) is 0 Å². The molecule has 0 radical (unpaired) electrons. The highest BCUT2D eigenvalue weighted by atomic mass is 16.9. The Hall–Kier alpha value is -1.59. The van der Waals surface area contributed by atoms with Crippen molar-refractivity contribution in [2.45, 2.75) is 32.5 Å². The van der Waals surface area contributed by atoms with E-state index in [4.69, 9.17) is 19.6 Å². The Morgan fingerprint density at radius 1 is 1.44 bits per heavy atom. The second-order valence-corrected chi connectivity index (χ2v) is 4.48. The van der Waals surface area contributed by atoms with Crippen LogP contribution < -0.4 is 10.1 Å². The van der Waals surface area contributed by atoms with Crippen molar-refractivity contribution in [3.8, 4) is 5.75 Å². The first-order chi connectivity index (χ1) is 8.64. The van der Waals surface area contributed by atoms with E-state index in [1.807, 2.05) is 25.1 Å². The smallest absolute Gasteiger partial charge is 0.284 e. The van der Waals surface area contributed by atoms with Crippen LogP contribution >= 0.6 is 0 Å². The van der Waals surface area contributed by atoms with E-state index in [1.54, 1.807) is 0 Å². The Kier molecular flexibility index (Phi) is 2.53. The number of rotatable bonds is 3. The molecule has 0 unspecified atom stereocenters. The minimum absolute atomic E-state index is 0.243. The average molecular weight is 248 g/mol. The van der Waals surface area contributed by atoms with Crippen molar-refractivity contribution in [3.63, 3.8) is 0 Å². The van der Waals surface area contributed by atoms with Gasteiger partial charge in [-0.1, -0.05) is 6.92 Å². The number of nitrogens with one attached hydrogen (secondary N) is 2. The van der Waals surface area contributed by atoms with E-state index in [-0.39, 0.29) is 6.29 Å². The molecule has 1 aromatic carbocycles. The van der Waals surface area contributed by atoms with E-state index >= 15 is 0 Å². The maximum Gasteiger partial charge on any atom is 0.284 e. The fourth-order valence-electron chi connectivity index (χ4n) is 2.29. The van der Waals surface area contributed by atoms with Crippen LogP contribution in [0.4, 0.5) is 0 Å². The quantitative estimate of drug-likeness (QED) is 0.857. The van der Waals surface area contributed by atoms with E-state index < -0.39 is 5.91 Å². The van der Waals surface area contributed by atoms with E-state index in [2.05, 4.69) is 12.2 Å². The summed E-state index contributed by atoms with van der Waals surface area (Å²) in [5.41, 5.74) is 1.62. The molecule has 2 heterocycles. The van der Waals surface area contributed by atoms with E-state index in [0.29, 0.717) is 12.4 Å². The van der Waals surface area contributed by atoms with Gasteiger partial charge in [0.25, 0.3) is 5.91 Å². The minimum Gasteiger partial charge on any atom is -0.494 e. The molecule has 96 valence electrons. The van der Waals surface area contributed by atoms with Crippen molar-refractivity contribution < 1.29 is 14.2 Å². The van der Waals surface area contributed by atoms with E-state index in [1.165, 1.54) is 0 Å². The molecular formula is C13H16N2O3. The van der Waals surface area contributed by atoms with Gasteiger partial charge in [-0.3, -0.25) is 14.9 Å². The molecular weight excluding hydrogens is 232 g/mol. The summed E-state index contributed by atoms with van der Waals surface area (Å²) >= 11 is 0. The van der Waals surface area contributed by atoms with Crippen LogP contribution in [0, 0.1) is 5.41 Å². The lowest BCUT2D eigenvalue weighted by atomic mass is 10.1. The molecule has 0 amide bonds. The standard InChI is InChI=1S/C13H16N2O3/c1-3-6-16-9-4-5-11-10(7-9)12(14)15-13(11)17-8(2)18-13/h4-5,7-8H,3,6H2,1-2H3,(H2,14,15).